The Hall–Kier alpha value is -3.79. The van der Waals surface area contributed by atoms with E-state index in [-0.39, 0.29) is 17.4 Å². The summed E-state index contributed by atoms with van der Waals surface area (Å²) in [6.45, 7) is 1.26. The number of nitrogens with one attached hydrogen (secondary N) is 1. The maximum Gasteiger partial charge on any atom is 0.325 e. The minimum absolute atomic E-state index is 0.164. The van der Waals surface area contributed by atoms with E-state index in [9.17, 15) is 19.2 Å². The maximum absolute atomic E-state index is 12.4. The Balaban J connectivity index is 1.67. The van der Waals surface area contributed by atoms with Gasteiger partial charge in [-0.2, -0.15) is 0 Å². The van der Waals surface area contributed by atoms with E-state index in [2.05, 4.69) is 10.1 Å². The molecule has 0 aromatic heterocycles. The number of nitrogens with zero attached hydrogens (tertiary/aromatic N) is 1. The minimum Gasteiger partial charge on any atom is -0.493 e. The first-order valence-corrected chi connectivity index (χ1v) is 10.6. The summed E-state index contributed by atoms with van der Waals surface area (Å²) < 4.78 is 15.4. The number of esters is 1. The van der Waals surface area contributed by atoms with Gasteiger partial charge in [0.05, 0.1) is 19.1 Å². The lowest BCUT2D eigenvalue weighted by Gasteiger charge is -2.12. The zero-order chi connectivity index (χ0) is 24.0. The van der Waals surface area contributed by atoms with E-state index in [0.29, 0.717) is 22.7 Å². The molecule has 9 nitrogen and oxygen atoms in total. The second kappa shape index (κ2) is 10.7. The first-order valence-electron chi connectivity index (χ1n) is 9.80. The molecule has 1 saturated heterocycles. The molecule has 0 unspecified atom stereocenters. The van der Waals surface area contributed by atoms with E-state index < -0.39 is 23.7 Å². The summed E-state index contributed by atoms with van der Waals surface area (Å²) in [6.07, 6.45) is 1.51. The van der Waals surface area contributed by atoms with Gasteiger partial charge in [-0.25, -0.2) is 0 Å². The number of thioether (sulfide) groups is 1. The highest BCUT2D eigenvalue weighted by Crippen LogP contribution is 2.34. The number of anilines is 1. The molecular weight excluding hydrogens is 448 g/mol. The zero-order valence-corrected chi connectivity index (χ0v) is 19.1. The van der Waals surface area contributed by atoms with Gasteiger partial charge in [-0.3, -0.25) is 24.1 Å². The minimum atomic E-state index is -0.687. The second-order valence-corrected chi connectivity index (χ2v) is 7.95. The Morgan fingerprint density at radius 1 is 1.09 bits per heavy atom. The van der Waals surface area contributed by atoms with Gasteiger partial charge in [-0.1, -0.05) is 18.2 Å². The van der Waals surface area contributed by atoms with Gasteiger partial charge in [0.25, 0.3) is 17.1 Å². The Labute approximate surface area is 194 Å². The van der Waals surface area contributed by atoms with Crippen molar-refractivity contribution in [2.24, 2.45) is 0 Å². The standard InChI is InChI=1S/C23H22N2O7S/c1-14-5-4-6-16(9-14)24-20(26)13-32-17-8-7-15(10-18(17)30-2)11-19-22(28)25(23(29)33-19)12-21(27)31-3/h4-11H,12-13H2,1-3H3,(H,24,26)/b19-11+. The molecule has 10 heteroatoms. The molecule has 1 N–H and O–H groups in total. The van der Waals surface area contributed by atoms with Crippen LogP contribution in [0, 0.1) is 6.92 Å². The topological polar surface area (TPSA) is 111 Å². The molecule has 1 aliphatic rings. The summed E-state index contributed by atoms with van der Waals surface area (Å²) in [6, 6.07) is 12.3. The van der Waals surface area contributed by atoms with Crippen LogP contribution in [0.4, 0.5) is 10.5 Å². The van der Waals surface area contributed by atoms with Crippen molar-refractivity contribution < 1.29 is 33.4 Å². The van der Waals surface area contributed by atoms with Crippen LogP contribution in [0.2, 0.25) is 0 Å². The molecule has 3 amide bonds. The van der Waals surface area contributed by atoms with Crippen LogP contribution in [0.15, 0.2) is 47.4 Å². The number of amides is 3. The molecule has 1 heterocycles. The van der Waals surface area contributed by atoms with Gasteiger partial charge >= 0.3 is 5.97 Å². The van der Waals surface area contributed by atoms with Crippen molar-refractivity contribution in [3.63, 3.8) is 0 Å². The number of aryl methyl sites for hydroxylation is 1. The SMILES string of the molecule is COC(=O)CN1C(=O)S/C(=C/c2ccc(OCC(=O)Nc3cccc(C)c3)c(OC)c2)C1=O. The number of ether oxygens (including phenoxy) is 3. The fraction of sp³-hybridized carbons (Fsp3) is 0.217. The number of hydrogen-bond acceptors (Lipinski definition) is 8. The predicted molar refractivity (Wildman–Crippen MR) is 123 cm³/mol. The number of benzene rings is 2. The fourth-order valence-electron chi connectivity index (χ4n) is 2.94. The van der Waals surface area contributed by atoms with Gasteiger partial charge in [-0.15, -0.1) is 0 Å². The van der Waals surface area contributed by atoms with Crippen molar-refractivity contribution in [3.8, 4) is 11.5 Å². The first-order chi connectivity index (χ1) is 15.8. The van der Waals surface area contributed by atoms with Gasteiger partial charge in [0.1, 0.15) is 6.54 Å². The average molecular weight is 471 g/mol. The third-order valence-electron chi connectivity index (χ3n) is 4.53. The number of carbonyl (C=O) groups excluding carboxylic acids is 4. The number of rotatable bonds is 8. The first kappa shape index (κ1) is 23.9. The number of imide groups is 1. The van der Waals surface area contributed by atoms with E-state index in [4.69, 9.17) is 9.47 Å². The summed E-state index contributed by atoms with van der Waals surface area (Å²) in [7, 11) is 2.63. The van der Waals surface area contributed by atoms with Crippen LogP contribution in [-0.4, -0.2) is 55.3 Å². The molecular formula is C23H22N2O7S. The Morgan fingerprint density at radius 3 is 2.58 bits per heavy atom. The van der Waals surface area contributed by atoms with Crippen LogP contribution in [-0.2, 0) is 19.1 Å². The highest BCUT2D eigenvalue weighted by atomic mass is 32.2. The lowest BCUT2D eigenvalue weighted by molar-refractivity contribution is -0.143. The Kier molecular flexibility index (Phi) is 7.73. The summed E-state index contributed by atoms with van der Waals surface area (Å²) in [5.74, 6) is -0.907. The Morgan fingerprint density at radius 2 is 1.88 bits per heavy atom. The average Bonchev–Trinajstić information content (AvgIpc) is 3.05. The maximum atomic E-state index is 12.4. The summed E-state index contributed by atoms with van der Waals surface area (Å²) in [5, 5.41) is 2.20. The molecule has 3 rings (SSSR count). The molecule has 1 aliphatic heterocycles. The molecule has 172 valence electrons. The van der Waals surface area contributed by atoms with E-state index in [0.717, 1.165) is 22.2 Å². The van der Waals surface area contributed by atoms with Gasteiger partial charge in [-0.05, 0) is 60.2 Å². The quantitative estimate of drug-likeness (QED) is 0.462. The lowest BCUT2D eigenvalue weighted by Crippen LogP contribution is -2.34. The number of methoxy groups -OCH3 is 2. The lowest BCUT2D eigenvalue weighted by atomic mass is 10.2. The second-order valence-electron chi connectivity index (χ2n) is 6.96. The van der Waals surface area contributed by atoms with Gasteiger partial charge < -0.3 is 19.5 Å². The van der Waals surface area contributed by atoms with Crippen LogP contribution in [0.25, 0.3) is 6.08 Å². The summed E-state index contributed by atoms with van der Waals surface area (Å²) in [4.78, 5) is 49.1. The zero-order valence-electron chi connectivity index (χ0n) is 18.2. The van der Waals surface area contributed by atoms with Crippen molar-refractivity contribution in [1.29, 1.82) is 0 Å². The van der Waals surface area contributed by atoms with E-state index in [1.807, 2.05) is 25.1 Å². The third kappa shape index (κ3) is 6.13. The fourth-order valence-corrected chi connectivity index (χ4v) is 3.78. The van der Waals surface area contributed by atoms with Crippen molar-refractivity contribution in [2.75, 3.05) is 32.7 Å². The third-order valence-corrected chi connectivity index (χ3v) is 5.44. The molecule has 2 aromatic carbocycles. The van der Waals surface area contributed by atoms with E-state index in [1.54, 1.807) is 24.3 Å². The molecule has 33 heavy (non-hydrogen) atoms. The Bertz CT molecular complexity index is 1130. The van der Waals surface area contributed by atoms with Gasteiger partial charge in [0, 0.05) is 5.69 Å². The highest BCUT2D eigenvalue weighted by Gasteiger charge is 2.36. The normalized spacial score (nSPS) is 14.4. The number of hydrogen-bond donors (Lipinski definition) is 1. The van der Waals surface area contributed by atoms with Crippen LogP contribution < -0.4 is 14.8 Å². The highest BCUT2D eigenvalue weighted by molar-refractivity contribution is 8.18. The molecule has 2 aromatic rings. The van der Waals surface area contributed by atoms with Crippen molar-refractivity contribution >= 4 is 46.5 Å². The van der Waals surface area contributed by atoms with E-state index in [1.165, 1.54) is 20.3 Å². The predicted octanol–water partition coefficient (Wildman–Crippen LogP) is 3.23. The molecule has 0 saturated carbocycles. The summed E-state index contributed by atoms with van der Waals surface area (Å²) >= 11 is 0.729. The molecule has 0 aliphatic carbocycles. The van der Waals surface area contributed by atoms with Crippen molar-refractivity contribution in [3.05, 3.63) is 58.5 Å². The van der Waals surface area contributed by atoms with Gasteiger partial charge in [0.2, 0.25) is 0 Å². The van der Waals surface area contributed by atoms with Crippen molar-refractivity contribution in [2.45, 2.75) is 6.92 Å². The largest absolute Gasteiger partial charge is 0.493 e. The van der Waals surface area contributed by atoms with E-state index >= 15 is 0 Å². The van der Waals surface area contributed by atoms with Crippen molar-refractivity contribution in [1.82, 2.24) is 4.90 Å². The monoisotopic (exact) mass is 470 g/mol. The molecule has 0 atom stereocenters. The molecule has 0 bridgehead atoms. The van der Waals surface area contributed by atoms with Crippen LogP contribution in [0.3, 0.4) is 0 Å². The van der Waals surface area contributed by atoms with Gasteiger partial charge in [0.15, 0.2) is 18.1 Å². The molecule has 0 spiro atoms. The summed E-state index contributed by atoms with van der Waals surface area (Å²) in [5.41, 5.74) is 2.27. The van der Waals surface area contributed by atoms with Crippen LogP contribution >= 0.6 is 11.8 Å². The molecule has 0 radical (unpaired) electrons. The van der Waals surface area contributed by atoms with Crippen LogP contribution in [0.5, 0.6) is 11.5 Å². The smallest absolute Gasteiger partial charge is 0.325 e. The number of carbonyl (C=O) groups is 4. The molecule has 1 fully saturated rings. The van der Waals surface area contributed by atoms with Crippen LogP contribution in [0.1, 0.15) is 11.1 Å².